The van der Waals surface area contributed by atoms with Crippen molar-refractivity contribution in [2.24, 2.45) is 0 Å². The molecule has 0 fully saturated rings. The molecule has 108 valence electrons. The van der Waals surface area contributed by atoms with E-state index in [0.29, 0.717) is 27.2 Å². The molecule has 3 aromatic rings. The third-order valence-corrected chi connectivity index (χ3v) is 3.81. The first-order chi connectivity index (χ1) is 10.6. The first-order valence-electron chi connectivity index (χ1n) is 6.79. The Kier molecular flexibility index (Phi) is 3.62. The van der Waals surface area contributed by atoms with E-state index in [1.165, 1.54) is 0 Å². The van der Waals surface area contributed by atoms with Crippen molar-refractivity contribution in [2.45, 2.75) is 6.92 Å². The minimum absolute atomic E-state index is 0.421. The van der Waals surface area contributed by atoms with Crippen LogP contribution in [0.3, 0.4) is 0 Å². The van der Waals surface area contributed by atoms with Crippen molar-refractivity contribution in [2.75, 3.05) is 0 Å². The van der Waals surface area contributed by atoms with E-state index < -0.39 is 0 Å². The molecule has 0 aliphatic rings. The van der Waals surface area contributed by atoms with Gasteiger partial charge in [-0.3, -0.25) is 0 Å². The lowest BCUT2D eigenvalue weighted by molar-refractivity contribution is 0.197. The highest BCUT2D eigenvalue weighted by Crippen LogP contribution is 2.31. The average molecular weight is 309 g/mol. The summed E-state index contributed by atoms with van der Waals surface area (Å²) < 4.78 is 1.05. The van der Waals surface area contributed by atoms with Crippen molar-refractivity contribution in [3.63, 3.8) is 0 Å². The Bertz CT molecular complexity index is 918. The Labute approximate surface area is 133 Å². The zero-order valence-corrected chi connectivity index (χ0v) is 12.7. The first-order valence-corrected chi connectivity index (χ1v) is 7.16. The number of hydrogen-bond acceptors (Lipinski definition) is 2. The highest BCUT2D eigenvalue weighted by Gasteiger charge is 2.18. The van der Waals surface area contributed by atoms with Gasteiger partial charge in [-0.15, -0.1) is 0 Å². The Balaban J connectivity index is 2.25. The summed E-state index contributed by atoms with van der Waals surface area (Å²) >= 11 is 6.00. The van der Waals surface area contributed by atoms with Crippen molar-refractivity contribution in [3.8, 4) is 6.07 Å². The molecule has 0 saturated heterocycles. The molecule has 0 atom stereocenters. The van der Waals surface area contributed by atoms with Crippen LogP contribution >= 0.6 is 11.6 Å². The number of hydrogen-bond donors (Lipinski definition) is 1. The molecular formula is C18H13ClN2O. The summed E-state index contributed by atoms with van der Waals surface area (Å²) in [6, 6.07) is 17.0. The molecule has 2 aromatic carbocycles. The van der Waals surface area contributed by atoms with E-state index in [9.17, 15) is 10.5 Å². The molecule has 4 heteroatoms. The van der Waals surface area contributed by atoms with Gasteiger partial charge in [-0.2, -0.15) is 9.99 Å². The van der Waals surface area contributed by atoms with E-state index in [2.05, 4.69) is 6.07 Å². The summed E-state index contributed by atoms with van der Waals surface area (Å²) in [5.74, 6) is 0. The van der Waals surface area contributed by atoms with Gasteiger partial charge in [0.1, 0.15) is 11.8 Å². The molecular weight excluding hydrogens is 296 g/mol. The second-order valence-corrected chi connectivity index (χ2v) is 5.48. The van der Waals surface area contributed by atoms with Gasteiger partial charge >= 0.3 is 0 Å². The van der Waals surface area contributed by atoms with Gasteiger partial charge in [0.05, 0.1) is 11.1 Å². The lowest BCUT2D eigenvalue weighted by atomic mass is 10.0. The van der Waals surface area contributed by atoms with Crippen LogP contribution in [-0.4, -0.2) is 9.94 Å². The number of rotatable bonds is 2. The number of allylic oxidation sites excluding steroid dienone is 1. The number of aromatic nitrogens is 1. The highest BCUT2D eigenvalue weighted by atomic mass is 35.5. The molecule has 3 nitrogen and oxygen atoms in total. The van der Waals surface area contributed by atoms with Gasteiger partial charge < -0.3 is 5.21 Å². The maximum Gasteiger partial charge on any atom is 0.102 e. The number of fused-ring (bicyclic) bond motifs is 1. The number of nitriles is 1. The average Bonchev–Trinajstić information content (AvgIpc) is 2.80. The SMILES string of the molecule is C/C(=C\c1ccccc1)c1c(C#N)c2cc(Cl)ccc2n1O. The summed E-state index contributed by atoms with van der Waals surface area (Å²) in [4.78, 5) is 0. The predicted octanol–water partition coefficient (Wildman–Crippen LogP) is 4.96. The summed E-state index contributed by atoms with van der Waals surface area (Å²) in [6.07, 6.45) is 1.93. The number of halogens is 1. The monoisotopic (exact) mass is 308 g/mol. The highest BCUT2D eigenvalue weighted by molar-refractivity contribution is 6.31. The molecule has 0 amide bonds. The largest absolute Gasteiger partial charge is 0.428 e. The van der Waals surface area contributed by atoms with Crippen molar-refractivity contribution in [3.05, 3.63) is 70.4 Å². The summed E-state index contributed by atoms with van der Waals surface area (Å²) in [7, 11) is 0. The normalized spacial score (nSPS) is 11.6. The predicted molar refractivity (Wildman–Crippen MR) is 88.8 cm³/mol. The molecule has 1 heterocycles. The van der Waals surface area contributed by atoms with Gasteiger partial charge in [0.2, 0.25) is 0 Å². The smallest absolute Gasteiger partial charge is 0.102 e. The fraction of sp³-hybridized carbons (Fsp3) is 0.0556. The third kappa shape index (κ3) is 2.34. The fourth-order valence-corrected chi connectivity index (χ4v) is 2.76. The lowest BCUT2D eigenvalue weighted by Gasteiger charge is -2.04. The molecule has 1 aromatic heterocycles. The van der Waals surface area contributed by atoms with Crippen LogP contribution in [0.2, 0.25) is 5.02 Å². The minimum atomic E-state index is 0.421. The van der Waals surface area contributed by atoms with Crippen LogP contribution in [0.4, 0.5) is 0 Å². The van der Waals surface area contributed by atoms with Crippen LogP contribution in [0.25, 0.3) is 22.6 Å². The van der Waals surface area contributed by atoms with Gasteiger partial charge in [0, 0.05) is 10.4 Å². The number of benzene rings is 2. The van der Waals surface area contributed by atoms with Crippen LogP contribution in [0, 0.1) is 11.3 Å². The molecule has 0 aliphatic carbocycles. The Morgan fingerprint density at radius 1 is 1.23 bits per heavy atom. The zero-order chi connectivity index (χ0) is 15.7. The van der Waals surface area contributed by atoms with E-state index in [1.54, 1.807) is 18.2 Å². The van der Waals surface area contributed by atoms with Crippen molar-refractivity contribution >= 4 is 34.2 Å². The molecule has 0 bridgehead atoms. The molecule has 22 heavy (non-hydrogen) atoms. The van der Waals surface area contributed by atoms with Gasteiger partial charge in [0.25, 0.3) is 0 Å². The molecule has 1 N–H and O–H groups in total. The van der Waals surface area contributed by atoms with Crippen molar-refractivity contribution in [1.29, 1.82) is 5.26 Å². The van der Waals surface area contributed by atoms with Gasteiger partial charge in [0.15, 0.2) is 0 Å². The Morgan fingerprint density at radius 3 is 2.64 bits per heavy atom. The van der Waals surface area contributed by atoms with Crippen LogP contribution in [0.5, 0.6) is 0 Å². The van der Waals surface area contributed by atoms with Crippen molar-refractivity contribution in [1.82, 2.24) is 4.73 Å². The fourth-order valence-electron chi connectivity index (χ4n) is 2.59. The van der Waals surface area contributed by atoms with Crippen LogP contribution in [0.1, 0.15) is 23.7 Å². The van der Waals surface area contributed by atoms with E-state index in [0.717, 1.165) is 15.9 Å². The topological polar surface area (TPSA) is 49.0 Å². The van der Waals surface area contributed by atoms with Gasteiger partial charge in [-0.1, -0.05) is 41.9 Å². The summed E-state index contributed by atoms with van der Waals surface area (Å²) in [5, 5.41) is 21.1. The molecule has 0 spiro atoms. The second kappa shape index (κ2) is 5.59. The Morgan fingerprint density at radius 2 is 1.95 bits per heavy atom. The van der Waals surface area contributed by atoms with Gasteiger partial charge in [-0.05, 0) is 42.3 Å². The van der Waals surface area contributed by atoms with E-state index in [-0.39, 0.29) is 0 Å². The maximum absolute atomic E-state index is 10.4. The summed E-state index contributed by atoms with van der Waals surface area (Å²) in [6.45, 7) is 1.87. The van der Waals surface area contributed by atoms with Crippen LogP contribution in [-0.2, 0) is 0 Å². The third-order valence-electron chi connectivity index (χ3n) is 3.57. The molecule has 0 saturated carbocycles. The van der Waals surface area contributed by atoms with Crippen molar-refractivity contribution < 1.29 is 5.21 Å². The molecule has 0 radical (unpaired) electrons. The maximum atomic E-state index is 10.4. The zero-order valence-electron chi connectivity index (χ0n) is 11.9. The van der Waals surface area contributed by atoms with Crippen LogP contribution < -0.4 is 0 Å². The second-order valence-electron chi connectivity index (χ2n) is 5.05. The van der Waals surface area contributed by atoms with Crippen LogP contribution in [0.15, 0.2) is 48.5 Å². The molecule has 0 aliphatic heterocycles. The molecule has 0 unspecified atom stereocenters. The van der Waals surface area contributed by atoms with Gasteiger partial charge in [-0.25, -0.2) is 0 Å². The first kappa shape index (κ1) is 14.2. The summed E-state index contributed by atoms with van der Waals surface area (Å²) in [5.41, 5.74) is 3.29. The minimum Gasteiger partial charge on any atom is -0.428 e. The van der Waals surface area contributed by atoms with E-state index in [1.807, 2.05) is 43.3 Å². The molecule has 3 rings (SSSR count). The van der Waals surface area contributed by atoms with E-state index >= 15 is 0 Å². The quantitative estimate of drug-likeness (QED) is 0.680. The lowest BCUT2D eigenvalue weighted by Crippen LogP contribution is -1.97. The van der Waals surface area contributed by atoms with E-state index in [4.69, 9.17) is 11.6 Å². The standard InChI is InChI=1S/C18H13ClN2O/c1-12(9-13-5-3-2-4-6-13)18-16(11-20)15-10-14(19)7-8-17(15)21(18)22/h2-10,22H,1H3/b12-9+. The number of nitrogens with zero attached hydrogens (tertiary/aromatic N) is 2. The Hall–Kier alpha value is -2.70.